The highest BCUT2D eigenvalue weighted by atomic mass is 15.3. The molecule has 0 aliphatic rings. The van der Waals surface area contributed by atoms with Gasteiger partial charge in [0.15, 0.2) is 0 Å². The Kier molecular flexibility index (Phi) is 4.57. The van der Waals surface area contributed by atoms with Crippen LogP contribution in [0, 0.1) is 5.41 Å². The standard InChI is InChI=1S/C13H26N4/c1-6-11-8-17(7-2)12(15-11)16(5)10-13(3,4)9-14/h8H,6-7,9-10,14H2,1-5H3. The number of hydrogen-bond donors (Lipinski definition) is 1. The lowest BCUT2D eigenvalue weighted by atomic mass is 9.93. The molecule has 4 nitrogen and oxygen atoms in total. The molecule has 1 aromatic heterocycles. The van der Waals surface area contributed by atoms with E-state index in [9.17, 15) is 0 Å². The second kappa shape index (κ2) is 5.54. The Morgan fingerprint density at radius 3 is 2.53 bits per heavy atom. The molecule has 0 unspecified atom stereocenters. The molecule has 2 N–H and O–H groups in total. The lowest BCUT2D eigenvalue weighted by Gasteiger charge is -2.29. The van der Waals surface area contributed by atoms with E-state index in [0.29, 0.717) is 6.54 Å². The maximum atomic E-state index is 5.78. The molecular weight excluding hydrogens is 212 g/mol. The Labute approximate surface area is 105 Å². The highest BCUT2D eigenvalue weighted by Gasteiger charge is 2.20. The van der Waals surface area contributed by atoms with Crippen LogP contribution in [0.3, 0.4) is 0 Å². The first-order chi connectivity index (χ1) is 7.93. The molecule has 98 valence electrons. The van der Waals surface area contributed by atoms with Crippen LogP contribution in [-0.4, -0.2) is 29.7 Å². The van der Waals surface area contributed by atoms with E-state index >= 15 is 0 Å². The average Bonchev–Trinajstić information content (AvgIpc) is 2.71. The van der Waals surface area contributed by atoms with Crippen molar-refractivity contribution in [3.63, 3.8) is 0 Å². The van der Waals surface area contributed by atoms with E-state index in [4.69, 9.17) is 5.73 Å². The molecular formula is C13H26N4. The number of nitrogens with two attached hydrogens (primary N) is 1. The summed E-state index contributed by atoms with van der Waals surface area (Å²) < 4.78 is 2.20. The van der Waals surface area contributed by atoms with E-state index in [2.05, 4.69) is 55.4 Å². The predicted molar refractivity (Wildman–Crippen MR) is 73.4 cm³/mol. The largest absolute Gasteiger partial charge is 0.345 e. The van der Waals surface area contributed by atoms with Gasteiger partial charge in [0, 0.05) is 26.3 Å². The minimum atomic E-state index is 0.117. The highest BCUT2D eigenvalue weighted by molar-refractivity contribution is 5.33. The molecule has 17 heavy (non-hydrogen) atoms. The van der Waals surface area contributed by atoms with Gasteiger partial charge in [-0.3, -0.25) is 0 Å². The molecule has 0 saturated carbocycles. The van der Waals surface area contributed by atoms with Gasteiger partial charge in [0.05, 0.1) is 5.69 Å². The zero-order valence-electron chi connectivity index (χ0n) is 11.8. The van der Waals surface area contributed by atoms with Crippen LogP contribution in [0.2, 0.25) is 0 Å². The summed E-state index contributed by atoms with van der Waals surface area (Å²) in [6, 6.07) is 0. The number of imidazole rings is 1. The first-order valence-electron chi connectivity index (χ1n) is 6.40. The Morgan fingerprint density at radius 1 is 1.41 bits per heavy atom. The second-order valence-corrected chi connectivity index (χ2v) is 5.40. The number of anilines is 1. The van der Waals surface area contributed by atoms with Crippen molar-refractivity contribution in [2.45, 2.75) is 40.7 Å². The molecule has 0 saturated heterocycles. The first-order valence-corrected chi connectivity index (χ1v) is 6.40. The molecule has 1 rings (SSSR count). The summed E-state index contributed by atoms with van der Waals surface area (Å²) in [4.78, 5) is 6.87. The minimum Gasteiger partial charge on any atom is -0.345 e. The molecule has 1 aromatic rings. The molecule has 0 fully saturated rings. The van der Waals surface area contributed by atoms with Gasteiger partial charge in [0.1, 0.15) is 0 Å². The van der Waals surface area contributed by atoms with Crippen LogP contribution >= 0.6 is 0 Å². The van der Waals surface area contributed by atoms with Crippen LogP contribution < -0.4 is 10.6 Å². The lowest BCUT2D eigenvalue weighted by Crippen LogP contribution is -2.37. The van der Waals surface area contributed by atoms with Gasteiger partial charge < -0.3 is 15.2 Å². The van der Waals surface area contributed by atoms with Crippen molar-refractivity contribution in [2.24, 2.45) is 11.1 Å². The number of hydrogen-bond acceptors (Lipinski definition) is 3. The summed E-state index contributed by atoms with van der Waals surface area (Å²) in [5, 5.41) is 0. The molecule has 0 aliphatic heterocycles. The number of aryl methyl sites for hydroxylation is 2. The molecule has 4 heteroatoms. The van der Waals surface area contributed by atoms with Crippen LogP contribution in [0.4, 0.5) is 5.95 Å². The summed E-state index contributed by atoms with van der Waals surface area (Å²) >= 11 is 0. The van der Waals surface area contributed by atoms with Gasteiger partial charge in [-0.25, -0.2) is 4.98 Å². The summed E-state index contributed by atoms with van der Waals surface area (Å²) in [5.74, 6) is 1.05. The van der Waals surface area contributed by atoms with Crippen molar-refractivity contribution >= 4 is 5.95 Å². The van der Waals surface area contributed by atoms with Gasteiger partial charge >= 0.3 is 0 Å². The van der Waals surface area contributed by atoms with Crippen molar-refractivity contribution in [3.8, 4) is 0 Å². The molecule has 0 aliphatic carbocycles. The molecule has 0 radical (unpaired) electrons. The summed E-state index contributed by atoms with van der Waals surface area (Å²) in [5.41, 5.74) is 7.05. The van der Waals surface area contributed by atoms with E-state index in [0.717, 1.165) is 31.2 Å². The number of aromatic nitrogens is 2. The van der Waals surface area contributed by atoms with Crippen LogP contribution in [0.5, 0.6) is 0 Å². The van der Waals surface area contributed by atoms with Gasteiger partial charge in [-0.05, 0) is 25.3 Å². The molecule has 1 heterocycles. The molecule has 0 amide bonds. The zero-order valence-corrected chi connectivity index (χ0v) is 11.8. The van der Waals surface area contributed by atoms with Crippen LogP contribution in [0.25, 0.3) is 0 Å². The van der Waals surface area contributed by atoms with Gasteiger partial charge in [-0.1, -0.05) is 20.8 Å². The van der Waals surface area contributed by atoms with Crippen LogP contribution in [0.15, 0.2) is 6.20 Å². The van der Waals surface area contributed by atoms with E-state index in [1.165, 1.54) is 0 Å². The smallest absolute Gasteiger partial charge is 0.205 e. The van der Waals surface area contributed by atoms with Crippen molar-refractivity contribution < 1.29 is 0 Å². The maximum Gasteiger partial charge on any atom is 0.205 e. The average molecular weight is 238 g/mol. The minimum absolute atomic E-state index is 0.117. The van der Waals surface area contributed by atoms with Gasteiger partial charge in [0.25, 0.3) is 0 Å². The SMILES string of the molecule is CCc1cn(CC)c(N(C)CC(C)(C)CN)n1. The zero-order chi connectivity index (χ0) is 13.1. The molecule has 0 spiro atoms. The monoisotopic (exact) mass is 238 g/mol. The number of nitrogens with zero attached hydrogens (tertiary/aromatic N) is 3. The maximum absolute atomic E-state index is 5.78. The number of rotatable bonds is 6. The van der Waals surface area contributed by atoms with E-state index in [1.807, 2.05) is 0 Å². The van der Waals surface area contributed by atoms with Crippen molar-refractivity contribution in [1.82, 2.24) is 9.55 Å². The van der Waals surface area contributed by atoms with Crippen molar-refractivity contribution in [1.29, 1.82) is 0 Å². The second-order valence-electron chi connectivity index (χ2n) is 5.40. The fourth-order valence-corrected chi connectivity index (χ4v) is 1.94. The van der Waals surface area contributed by atoms with Gasteiger partial charge in [-0.15, -0.1) is 0 Å². The molecule has 0 atom stereocenters. The Balaban J connectivity index is 2.87. The van der Waals surface area contributed by atoms with Crippen molar-refractivity contribution in [2.75, 3.05) is 25.0 Å². The normalized spacial score (nSPS) is 11.9. The summed E-state index contributed by atoms with van der Waals surface area (Å²) in [6.45, 7) is 11.2. The Morgan fingerprint density at radius 2 is 2.06 bits per heavy atom. The topological polar surface area (TPSA) is 47.1 Å². The van der Waals surface area contributed by atoms with Crippen LogP contribution in [-0.2, 0) is 13.0 Å². The lowest BCUT2D eigenvalue weighted by molar-refractivity contribution is 0.382. The Hall–Kier alpha value is -1.03. The third-order valence-electron chi connectivity index (χ3n) is 3.07. The third-order valence-corrected chi connectivity index (χ3v) is 3.07. The van der Waals surface area contributed by atoms with Crippen LogP contribution in [0.1, 0.15) is 33.4 Å². The summed E-state index contributed by atoms with van der Waals surface area (Å²) in [7, 11) is 2.09. The fraction of sp³-hybridized carbons (Fsp3) is 0.769. The van der Waals surface area contributed by atoms with E-state index < -0.39 is 0 Å². The summed E-state index contributed by atoms with van der Waals surface area (Å²) in [6.07, 6.45) is 3.12. The predicted octanol–water partition coefficient (Wildman–Crippen LogP) is 1.89. The fourth-order valence-electron chi connectivity index (χ4n) is 1.94. The van der Waals surface area contributed by atoms with Crippen molar-refractivity contribution in [3.05, 3.63) is 11.9 Å². The molecule has 0 bridgehead atoms. The highest BCUT2D eigenvalue weighted by Crippen LogP contribution is 2.20. The van der Waals surface area contributed by atoms with Gasteiger partial charge in [-0.2, -0.15) is 0 Å². The first kappa shape index (κ1) is 14.0. The quantitative estimate of drug-likeness (QED) is 0.823. The van der Waals surface area contributed by atoms with E-state index in [-0.39, 0.29) is 5.41 Å². The van der Waals surface area contributed by atoms with E-state index in [1.54, 1.807) is 0 Å². The third kappa shape index (κ3) is 3.46. The molecule has 0 aromatic carbocycles. The van der Waals surface area contributed by atoms with Gasteiger partial charge in [0.2, 0.25) is 5.95 Å². The Bertz CT molecular complexity index is 354.